The highest BCUT2D eigenvalue weighted by Crippen LogP contribution is 2.17. The highest BCUT2D eigenvalue weighted by molar-refractivity contribution is 5.72. The fourth-order valence-electron chi connectivity index (χ4n) is 1.43. The van der Waals surface area contributed by atoms with Crippen molar-refractivity contribution in [1.29, 1.82) is 0 Å². The number of carbonyl (C=O) groups excluding carboxylic acids is 1. The van der Waals surface area contributed by atoms with Crippen molar-refractivity contribution in [3.05, 3.63) is 0 Å². The Hall–Kier alpha value is -0.610. The van der Waals surface area contributed by atoms with Gasteiger partial charge in [-0.05, 0) is 33.6 Å². The summed E-state index contributed by atoms with van der Waals surface area (Å²) in [6, 6.07) is 0.712. The van der Waals surface area contributed by atoms with Crippen LogP contribution in [-0.4, -0.2) is 30.2 Å². The van der Waals surface area contributed by atoms with E-state index in [1.165, 1.54) is 0 Å². The van der Waals surface area contributed by atoms with Gasteiger partial charge in [-0.3, -0.25) is 4.79 Å². The molecular formula is C10H20N2O2. The van der Waals surface area contributed by atoms with Gasteiger partial charge in [0, 0.05) is 12.1 Å². The first-order valence-corrected chi connectivity index (χ1v) is 5.07. The molecule has 1 saturated carbocycles. The molecular weight excluding hydrogens is 180 g/mol. The molecule has 1 aliphatic carbocycles. The van der Waals surface area contributed by atoms with Gasteiger partial charge in [-0.2, -0.15) is 0 Å². The van der Waals surface area contributed by atoms with Crippen LogP contribution < -0.4 is 11.1 Å². The minimum Gasteiger partial charge on any atom is -0.459 e. The maximum absolute atomic E-state index is 11.3. The first-order valence-electron chi connectivity index (χ1n) is 5.07. The molecule has 14 heavy (non-hydrogen) atoms. The Morgan fingerprint density at radius 1 is 1.50 bits per heavy atom. The van der Waals surface area contributed by atoms with Crippen molar-refractivity contribution in [2.75, 3.05) is 6.54 Å². The lowest BCUT2D eigenvalue weighted by atomic mass is 9.88. The fraction of sp³-hybridized carbons (Fsp3) is 0.900. The number of carbonyl (C=O) groups is 1. The quantitative estimate of drug-likeness (QED) is 0.648. The van der Waals surface area contributed by atoms with E-state index >= 15 is 0 Å². The first kappa shape index (κ1) is 11.5. The molecule has 1 fully saturated rings. The Morgan fingerprint density at radius 3 is 2.50 bits per heavy atom. The number of nitrogens with two attached hydrogens (primary N) is 1. The molecule has 0 aromatic heterocycles. The second kappa shape index (κ2) is 4.28. The van der Waals surface area contributed by atoms with Crippen molar-refractivity contribution in [2.24, 2.45) is 5.73 Å². The second-order valence-electron chi connectivity index (χ2n) is 4.90. The van der Waals surface area contributed by atoms with Gasteiger partial charge < -0.3 is 15.8 Å². The molecule has 0 radical (unpaired) electrons. The molecule has 4 heteroatoms. The van der Waals surface area contributed by atoms with Gasteiger partial charge in [0.15, 0.2) is 0 Å². The lowest BCUT2D eigenvalue weighted by molar-refractivity contribution is -0.153. The van der Waals surface area contributed by atoms with Crippen molar-refractivity contribution in [3.8, 4) is 0 Å². The van der Waals surface area contributed by atoms with Crippen molar-refractivity contribution in [2.45, 2.75) is 51.3 Å². The number of hydrogen-bond donors (Lipinski definition) is 2. The van der Waals surface area contributed by atoms with Gasteiger partial charge in [0.1, 0.15) is 5.60 Å². The Bertz CT molecular complexity index is 205. The van der Waals surface area contributed by atoms with Crippen LogP contribution in [0.15, 0.2) is 0 Å². The van der Waals surface area contributed by atoms with Gasteiger partial charge in [-0.25, -0.2) is 0 Å². The van der Waals surface area contributed by atoms with Crippen LogP contribution in [0.25, 0.3) is 0 Å². The van der Waals surface area contributed by atoms with E-state index in [0.29, 0.717) is 12.1 Å². The Balaban J connectivity index is 2.10. The minimum atomic E-state index is -0.394. The molecule has 4 nitrogen and oxygen atoms in total. The molecule has 0 unspecified atom stereocenters. The van der Waals surface area contributed by atoms with Crippen molar-refractivity contribution >= 4 is 5.97 Å². The summed E-state index contributed by atoms with van der Waals surface area (Å²) >= 11 is 0. The fourth-order valence-corrected chi connectivity index (χ4v) is 1.43. The second-order valence-corrected chi connectivity index (χ2v) is 4.90. The summed E-state index contributed by atoms with van der Waals surface area (Å²) in [5, 5.41) is 3.12. The van der Waals surface area contributed by atoms with Crippen molar-refractivity contribution in [1.82, 2.24) is 5.32 Å². The zero-order chi connectivity index (χ0) is 10.8. The van der Waals surface area contributed by atoms with E-state index in [1.807, 2.05) is 20.8 Å². The van der Waals surface area contributed by atoms with Gasteiger partial charge in [-0.15, -0.1) is 0 Å². The van der Waals surface area contributed by atoms with Gasteiger partial charge in [0.2, 0.25) is 0 Å². The van der Waals surface area contributed by atoms with Crippen LogP contribution in [0.1, 0.15) is 33.6 Å². The molecule has 0 spiro atoms. The molecule has 0 aromatic rings. The average Bonchev–Trinajstić information content (AvgIpc) is 1.92. The maximum atomic E-state index is 11.3. The zero-order valence-corrected chi connectivity index (χ0v) is 9.17. The molecule has 0 heterocycles. The van der Waals surface area contributed by atoms with Crippen LogP contribution in [-0.2, 0) is 9.53 Å². The Morgan fingerprint density at radius 2 is 2.07 bits per heavy atom. The van der Waals surface area contributed by atoms with Crippen LogP contribution in [0, 0.1) is 0 Å². The summed E-state index contributed by atoms with van der Waals surface area (Å²) in [7, 11) is 0. The summed E-state index contributed by atoms with van der Waals surface area (Å²) in [5.41, 5.74) is 5.23. The molecule has 1 aliphatic rings. The van der Waals surface area contributed by atoms with E-state index in [-0.39, 0.29) is 12.5 Å². The largest absolute Gasteiger partial charge is 0.459 e. The lowest BCUT2D eigenvalue weighted by Crippen LogP contribution is -2.50. The Labute approximate surface area is 85.2 Å². The third kappa shape index (κ3) is 4.07. The molecule has 82 valence electrons. The highest BCUT2D eigenvalue weighted by atomic mass is 16.6. The van der Waals surface area contributed by atoms with Gasteiger partial charge in [-0.1, -0.05) is 0 Å². The normalized spacial score (nSPS) is 26.9. The summed E-state index contributed by atoms with van der Waals surface area (Å²) in [5.74, 6) is -0.196. The van der Waals surface area contributed by atoms with E-state index in [2.05, 4.69) is 5.32 Å². The van der Waals surface area contributed by atoms with E-state index in [1.54, 1.807) is 0 Å². The van der Waals surface area contributed by atoms with Crippen LogP contribution in [0.4, 0.5) is 0 Å². The van der Waals surface area contributed by atoms with Crippen LogP contribution in [0.5, 0.6) is 0 Å². The Kier molecular flexibility index (Phi) is 3.50. The average molecular weight is 200 g/mol. The van der Waals surface area contributed by atoms with Gasteiger partial charge in [0.25, 0.3) is 0 Å². The molecule has 0 saturated heterocycles. The van der Waals surface area contributed by atoms with Gasteiger partial charge >= 0.3 is 5.97 Å². The zero-order valence-electron chi connectivity index (χ0n) is 9.17. The molecule has 1 rings (SSSR count). The third-order valence-electron chi connectivity index (χ3n) is 2.13. The smallest absolute Gasteiger partial charge is 0.320 e. The summed E-state index contributed by atoms with van der Waals surface area (Å²) in [6.07, 6.45) is 1.92. The number of ether oxygens (including phenoxy) is 1. The van der Waals surface area contributed by atoms with E-state index in [4.69, 9.17) is 10.5 Å². The summed E-state index contributed by atoms with van der Waals surface area (Å²) in [6.45, 7) is 5.88. The van der Waals surface area contributed by atoms with Gasteiger partial charge in [0.05, 0.1) is 6.54 Å². The SMILES string of the molecule is CC(C)(C)OC(=O)CNC1CC(N)C1. The van der Waals surface area contributed by atoms with Crippen LogP contribution >= 0.6 is 0 Å². The van der Waals surface area contributed by atoms with E-state index in [9.17, 15) is 4.79 Å². The van der Waals surface area contributed by atoms with Crippen molar-refractivity contribution in [3.63, 3.8) is 0 Å². The first-order chi connectivity index (χ1) is 6.37. The summed E-state index contributed by atoms with van der Waals surface area (Å²) in [4.78, 5) is 11.3. The lowest BCUT2D eigenvalue weighted by Gasteiger charge is -2.33. The van der Waals surface area contributed by atoms with E-state index < -0.39 is 5.60 Å². The van der Waals surface area contributed by atoms with E-state index in [0.717, 1.165) is 12.8 Å². The predicted molar refractivity (Wildman–Crippen MR) is 54.8 cm³/mol. The maximum Gasteiger partial charge on any atom is 0.320 e. The number of nitrogens with one attached hydrogen (secondary N) is 1. The monoisotopic (exact) mass is 200 g/mol. The molecule has 0 aliphatic heterocycles. The highest BCUT2D eigenvalue weighted by Gasteiger charge is 2.26. The summed E-state index contributed by atoms with van der Waals surface area (Å²) < 4.78 is 5.15. The molecule has 0 bridgehead atoms. The predicted octanol–water partition coefficient (Wildman–Crippen LogP) is 0.407. The number of hydrogen-bond acceptors (Lipinski definition) is 4. The third-order valence-corrected chi connectivity index (χ3v) is 2.13. The topological polar surface area (TPSA) is 64.3 Å². The van der Waals surface area contributed by atoms with Crippen LogP contribution in [0.3, 0.4) is 0 Å². The number of rotatable bonds is 3. The number of esters is 1. The van der Waals surface area contributed by atoms with Crippen molar-refractivity contribution < 1.29 is 9.53 Å². The standard InChI is InChI=1S/C10H20N2O2/c1-10(2,3)14-9(13)6-12-8-4-7(11)5-8/h7-8,12H,4-6,11H2,1-3H3. The molecule has 0 amide bonds. The molecule has 3 N–H and O–H groups in total. The molecule has 0 aromatic carbocycles. The minimum absolute atomic E-state index is 0.196. The molecule has 0 atom stereocenters. The van der Waals surface area contributed by atoms with Crippen LogP contribution in [0.2, 0.25) is 0 Å².